The fourth-order valence-corrected chi connectivity index (χ4v) is 1.36. The maximum atomic E-state index is 12.5. The lowest BCUT2D eigenvalue weighted by atomic mass is 10.1. The first-order chi connectivity index (χ1) is 6.66. The Morgan fingerprint density at radius 2 is 2.21 bits per heavy atom. The van der Waals surface area contributed by atoms with Crippen LogP contribution >= 0.6 is 11.6 Å². The zero-order valence-electron chi connectivity index (χ0n) is 7.01. The number of nitrogens with zero attached hydrogens (tertiary/aromatic N) is 1. The van der Waals surface area contributed by atoms with Gasteiger partial charge in [0.15, 0.2) is 0 Å². The van der Waals surface area contributed by atoms with E-state index in [1.54, 1.807) is 0 Å². The predicted molar refractivity (Wildman–Crippen MR) is 48.2 cm³/mol. The molecule has 0 aliphatic heterocycles. The van der Waals surface area contributed by atoms with Gasteiger partial charge >= 0.3 is 0 Å². The first-order valence-corrected chi connectivity index (χ1v) is 4.13. The van der Waals surface area contributed by atoms with E-state index in [-0.39, 0.29) is 22.7 Å². The van der Waals surface area contributed by atoms with Crippen molar-refractivity contribution in [1.29, 1.82) is 0 Å². The van der Waals surface area contributed by atoms with Crippen molar-refractivity contribution in [2.24, 2.45) is 4.99 Å². The summed E-state index contributed by atoms with van der Waals surface area (Å²) in [5, 5.41) is -0.0152. The van der Waals surface area contributed by atoms with Crippen LogP contribution in [0.4, 0.5) is 8.78 Å². The van der Waals surface area contributed by atoms with Gasteiger partial charge in [-0.2, -0.15) is 0 Å². The Morgan fingerprint density at radius 1 is 1.50 bits per heavy atom. The number of hydrogen-bond acceptors (Lipinski definition) is 2. The molecule has 0 radical (unpaired) electrons. The summed E-state index contributed by atoms with van der Waals surface area (Å²) >= 11 is 5.58. The lowest BCUT2D eigenvalue weighted by Crippen LogP contribution is -1.94. The van der Waals surface area contributed by atoms with Gasteiger partial charge in [-0.1, -0.05) is 23.7 Å². The summed E-state index contributed by atoms with van der Waals surface area (Å²) in [6.45, 7) is -0.121. The number of hydrogen-bond donors (Lipinski definition) is 0. The van der Waals surface area contributed by atoms with Crippen molar-refractivity contribution in [2.45, 2.75) is 13.0 Å². The van der Waals surface area contributed by atoms with Crippen molar-refractivity contribution in [3.05, 3.63) is 34.3 Å². The SMILES string of the molecule is O=C=NCc1cccc(Cl)c1C(F)F. The van der Waals surface area contributed by atoms with Crippen LogP contribution < -0.4 is 0 Å². The van der Waals surface area contributed by atoms with Crippen LogP contribution in [0.25, 0.3) is 0 Å². The van der Waals surface area contributed by atoms with E-state index in [2.05, 4.69) is 4.99 Å². The number of benzene rings is 1. The smallest absolute Gasteiger partial charge is 0.211 e. The third-order valence-electron chi connectivity index (χ3n) is 1.68. The van der Waals surface area contributed by atoms with E-state index in [0.29, 0.717) is 0 Å². The summed E-state index contributed by atoms with van der Waals surface area (Å²) in [4.78, 5) is 13.1. The Kier molecular flexibility index (Phi) is 3.74. The van der Waals surface area contributed by atoms with Gasteiger partial charge in [0.1, 0.15) is 0 Å². The highest BCUT2D eigenvalue weighted by atomic mass is 35.5. The molecule has 0 bridgehead atoms. The summed E-state index contributed by atoms with van der Waals surface area (Å²) in [6.07, 6.45) is -1.38. The lowest BCUT2D eigenvalue weighted by molar-refractivity contribution is 0.150. The predicted octanol–water partition coefficient (Wildman–Crippen LogP) is 3.11. The van der Waals surface area contributed by atoms with Crippen LogP contribution in [0.3, 0.4) is 0 Å². The Bertz CT molecular complexity index is 375. The van der Waals surface area contributed by atoms with Crippen LogP contribution in [0.15, 0.2) is 23.2 Å². The highest BCUT2D eigenvalue weighted by molar-refractivity contribution is 6.31. The van der Waals surface area contributed by atoms with Gasteiger partial charge < -0.3 is 0 Å². The average Bonchev–Trinajstić information content (AvgIpc) is 2.14. The summed E-state index contributed by atoms with van der Waals surface area (Å²) in [5.41, 5.74) is -0.0241. The Hall–Kier alpha value is -1.25. The molecule has 0 aromatic heterocycles. The fourth-order valence-electron chi connectivity index (χ4n) is 1.08. The molecular formula is C9H6ClF2NO. The molecule has 0 aliphatic rings. The fraction of sp³-hybridized carbons (Fsp3) is 0.222. The molecule has 0 amide bonds. The normalized spacial score (nSPS) is 10.0. The van der Waals surface area contributed by atoms with Gasteiger partial charge in [-0.05, 0) is 11.6 Å². The molecule has 1 rings (SSSR count). The van der Waals surface area contributed by atoms with Crippen LogP contribution in [0.5, 0.6) is 0 Å². The van der Waals surface area contributed by atoms with Crippen molar-refractivity contribution in [3.63, 3.8) is 0 Å². The quantitative estimate of drug-likeness (QED) is 0.565. The van der Waals surface area contributed by atoms with E-state index in [9.17, 15) is 13.6 Å². The van der Waals surface area contributed by atoms with E-state index < -0.39 is 6.43 Å². The second-order valence-electron chi connectivity index (χ2n) is 2.52. The molecule has 0 unspecified atom stereocenters. The maximum absolute atomic E-state index is 12.5. The highest BCUT2D eigenvalue weighted by Crippen LogP contribution is 2.30. The van der Waals surface area contributed by atoms with Crippen LogP contribution in [0, 0.1) is 0 Å². The van der Waals surface area contributed by atoms with Crippen molar-refractivity contribution >= 4 is 17.7 Å². The molecule has 0 heterocycles. The molecule has 0 saturated carbocycles. The first-order valence-electron chi connectivity index (χ1n) is 3.76. The molecule has 74 valence electrons. The first kappa shape index (κ1) is 10.8. The van der Waals surface area contributed by atoms with E-state index >= 15 is 0 Å². The van der Waals surface area contributed by atoms with Crippen LogP contribution in [0.1, 0.15) is 17.6 Å². The molecule has 1 aromatic carbocycles. The number of aliphatic imine (C=N–C) groups is 1. The van der Waals surface area contributed by atoms with Gasteiger partial charge in [0, 0.05) is 10.6 Å². The van der Waals surface area contributed by atoms with Crippen LogP contribution in [0.2, 0.25) is 5.02 Å². The number of carbonyl (C=O) groups excluding carboxylic acids is 1. The molecule has 0 saturated heterocycles. The number of halogens is 3. The zero-order valence-corrected chi connectivity index (χ0v) is 7.76. The van der Waals surface area contributed by atoms with Crippen molar-refractivity contribution in [3.8, 4) is 0 Å². The molecule has 0 fully saturated rings. The Labute approximate surface area is 84.2 Å². The number of alkyl halides is 2. The third-order valence-corrected chi connectivity index (χ3v) is 2.00. The molecule has 5 heteroatoms. The summed E-state index contributed by atoms with van der Waals surface area (Å²) < 4.78 is 25.0. The summed E-state index contributed by atoms with van der Waals surface area (Å²) in [7, 11) is 0. The van der Waals surface area contributed by atoms with E-state index in [1.807, 2.05) is 0 Å². The topological polar surface area (TPSA) is 29.4 Å². The molecule has 0 N–H and O–H groups in total. The largest absolute Gasteiger partial charge is 0.265 e. The second-order valence-corrected chi connectivity index (χ2v) is 2.93. The van der Waals surface area contributed by atoms with E-state index in [0.717, 1.165) is 0 Å². The maximum Gasteiger partial charge on any atom is 0.265 e. The monoisotopic (exact) mass is 217 g/mol. The van der Waals surface area contributed by atoms with Gasteiger partial charge in [-0.25, -0.2) is 18.6 Å². The molecule has 0 spiro atoms. The molecule has 0 aliphatic carbocycles. The van der Waals surface area contributed by atoms with Crippen LogP contribution in [-0.4, -0.2) is 6.08 Å². The highest BCUT2D eigenvalue weighted by Gasteiger charge is 2.15. The van der Waals surface area contributed by atoms with Gasteiger partial charge in [0.2, 0.25) is 6.08 Å². The van der Waals surface area contributed by atoms with E-state index in [1.165, 1.54) is 24.3 Å². The lowest BCUT2D eigenvalue weighted by Gasteiger charge is -2.07. The van der Waals surface area contributed by atoms with Gasteiger partial charge in [-0.3, -0.25) is 0 Å². The minimum atomic E-state index is -2.67. The van der Waals surface area contributed by atoms with Gasteiger partial charge in [0.25, 0.3) is 6.43 Å². The summed E-state index contributed by atoms with van der Waals surface area (Å²) in [5.74, 6) is 0. The molecule has 14 heavy (non-hydrogen) atoms. The van der Waals surface area contributed by atoms with Crippen molar-refractivity contribution in [1.82, 2.24) is 0 Å². The molecule has 2 nitrogen and oxygen atoms in total. The van der Waals surface area contributed by atoms with E-state index in [4.69, 9.17) is 11.6 Å². The minimum Gasteiger partial charge on any atom is -0.211 e. The average molecular weight is 218 g/mol. The Morgan fingerprint density at radius 3 is 2.79 bits per heavy atom. The number of rotatable bonds is 3. The standard InChI is InChI=1S/C9H6ClF2NO/c10-7-3-1-2-6(4-13-5-14)8(7)9(11)12/h1-3,9H,4H2. The minimum absolute atomic E-state index is 0.0152. The van der Waals surface area contributed by atoms with Gasteiger partial charge in [-0.15, -0.1) is 0 Å². The van der Waals surface area contributed by atoms with Gasteiger partial charge in [0.05, 0.1) is 6.54 Å². The van der Waals surface area contributed by atoms with Crippen molar-refractivity contribution < 1.29 is 13.6 Å². The Balaban J connectivity index is 3.13. The molecule has 1 aromatic rings. The third kappa shape index (κ3) is 2.37. The van der Waals surface area contributed by atoms with Crippen LogP contribution in [-0.2, 0) is 11.3 Å². The molecule has 0 atom stereocenters. The second kappa shape index (κ2) is 4.84. The van der Waals surface area contributed by atoms with Crippen molar-refractivity contribution in [2.75, 3.05) is 0 Å². The summed E-state index contributed by atoms with van der Waals surface area (Å²) in [6, 6.07) is 4.36. The molecular weight excluding hydrogens is 212 g/mol. The zero-order chi connectivity index (χ0) is 10.6. The number of isocyanates is 1.